The van der Waals surface area contributed by atoms with Gasteiger partial charge in [-0.3, -0.25) is 13.8 Å². The Labute approximate surface area is 185 Å². The fourth-order valence-electron chi connectivity index (χ4n) is 4.53. The predicted molar refractivity (Wildman–Crippen MR) is 126 cm³/mol. The van der Waals surface area contributed by atoms with Gasteiger partial charge in [0.15, 0.2) is 5.16 Å². The number of nitrogens with zero attached hydrogens (tertiary/aromatic N) is 5. The predicted octanol–water partition coefficient (Wildman–Crippen LogP) is 4.06. The molecular formula is C24H27N5OS. The van der Waals surface area contributed by atoms with Gasteiger partial charge in [-0.25, -0.2) is 0 Å². The van der Waals surface area contributed by atoms with Crippen LogP contribution in [0.25, 0.3) is 16.7 Å². The quantitative estimate of drug-likeness (QED) is 0.429. The number of para-hydroxylation sites is 1. The lowest BCUT2D eigenvalue weighted by molar-refractivity contribution is 0.182. The Morgan fingerprint density at radius 2 is 1.84 bits per heavy atom. The number of aromatic nitrogens is 4. The smallest absolute Gasteiger partial charge is 0.263 e. The van der Waals surface area contributed by atoms with Gasteiger partial charge in [0.1, 0.15) is 0 Å². The van der Waals surface area contributed by atoms with E-state index < -0.39 is 0 Å². The molecule has 3 heterocycles. The van der Waals surface area contributed by atoms with Crippen LogP contribution >= 0.6 is 11.8 Å². The molecule has 0 amide bonds. The van der Waals surface area contributed by atoms with E-state index in [2.05, 4.69) is 26.5 Å². The third kappa shape index (κ3) is 4.00. The number of likely N-dealkylation sites (tertiary alicyclic amines) is 1. The molecule has 1 atom stereocenters. The van der Waals surface area contributed by atoms with Crippen LogP contribution in [0.15, 0.2) is 64.5 Å². The van der Waals surface area contributed by atoms with Crippen LogP contribution in [-0.4, -0.2) is 49.5 Å². The molecule has 2 aromatic carbocycles. The number of fused-ring (bicyclic) bond motifs is 3. The van der Waals surface area contributed by atoms with E-state index in [1.54, 1.807) is 16.3 Å². The number of benzene rings is 2. The van der Waals surface area contributed by atoms with Crippen LogP contribution in [0, 0.1) is 0 Å². The first-order chi connectivity index (χ1) is 15.2. The van der Waals surface area contributed by atoms with Crippen LogP contribution in [0.3, 0.4) is 0 Å². The molecule has 1 aliphatic heterocycles. The summed E-state index contributed by atoms with van der Waals surface area (Å²) in [5.41, 5.74) is 1.91. The van der Waals surface area contributed by atoms with Gasteiger partial charge in [-0.05, 0) is 50.6 Å². The minimum Gasteiger partial charge on any atom is -0.303 e. The van der Waals surface area contributed by atoms with Gasteiger partial charge in [-0.2, -0.15) is 0 Å². The Hall–Kier alpha value is -2.64. The molecular weight excluding hydrogens is 406 g/mol. The molecule has 2 aromatic heterocycles. The first-order valence-corrected chi connectivity index (χ1v) is 11.9. The maximum Gasteiger partial charge on any atom is 0.263 e. The molecule has 1 unspecified atom stereocenters. The van der Waals surface area contributed by atoms with Gasteiger partial charge < -0.3 is 4.90 Å². The third-order valence-corrected chi connectivity index (χ3v) is 7.23. The second kappa shape index (κ2) is 8.85. The lowest BCUT2D eigenvalue weighted by Gasteiger charge is -2.32. The molecule has 0 spiro atoms. The number of hydrogen-bond acceptors (Lipinski definition) is 5. The van der Waals surface area contributed by atoms with Crippen molar-refractivity contribution in [1.29, 1.82) is 0 Å². The lowest BCUT2D eigenvalue weighted by Crippen LogP contribution is -2.36. The van der Waals surface area contributed by atoms with Crippen molar-refractivity contribution < 1.29 is 0 Å². The summed E-state index contributed by atoms with van der Waals surface area (Å²) in [6.45, 7) is 1.67. The van der Waals surface area contributed by atoms with Gasteiger partial charge in [0.25, 0.3) is 5.56 Å². The summed E-state index contributed by atoms with van der Waals surface area (Å²) in [5, 5.41) is 10.5. The maximum absolute atomic E-state index is 13.3. The van der Waals surface area contributed by atoms with E-state index in [1.807, 2.05) is 54.6 Å². The Morgan fingerprint density at radius 3 is 2.68 bits per heavy atom. The van der Waals surface area contributed by atoms with Crippen LogP contribution in [-0.2, 0) is 6.54 Å². The highest BCUT2D eigenvalue weighted by Gasteiger charge is 2.20. The molecule has 1 fully saturated rings. The Balaban J connectivity index is 1.51. The van der Waals surface area contributed by atoms with Gasteiger partial charge in [0, 0.05) is 11.8 Å². The van der Waals surface area contributed by atoms with E-state index in [9.17, 15) is 4.79 Å². The fraction of sp³-hybridized carbons (Fsp3) is 0.375. The van der Waals surface area contributed by atoms with Crippen molar-refractivity contribution in [3.05, 3.63) is 70.5 Å². The van der Waals surface area contributed by atoms with E-state index in [0.717, 1.165) is 28.4 Å². The van der Waals surface area contributed by atoms with Crippen molar-refractivity contribution in [2.24, 2.45) is 0 Å². The molecule has 1 saturated heterocycles. The second-order valence-electron chi connectivity index (χ2n) is 8.28. The maximum atomic E-state index is 13.3. The summed E-state index contributed by atoms with van der Waals surface area (Å²) in [5.74, 6) is 1.59. The van der Waals surface area contributed by atoms with Crippen molar-refractivity contribution in [3.8, 4) is 0 Å². The summed E-state index contributed by atoms with van der Waals surface area (Å²) in [4.78, 5) is 15.8. The molecule has 6 nitrogen and oxygen atoms in total. The normalized spacial score (nSPS) is 17.5. The summed E-state index contributed by atoms with van der Waals surface area (Å²) < 4.78 is 3.79. The zero-order valence-electron chi connectivity index (χ0n) is 17.8. The van der Waals surface area contributed by atoms with Crippen LogP contribution in [0.1, 0.15) is 31.2 Å². The van der Waals surface area contributed by atoms with Crippen LogP contribution in [0.5, 0.6) is 0 Å². The molecule has 4 aromatic rings. The summed E-state index contributed by atoms with van der Waals surface area (Å²) in [7, 11) is 2.23. The minimum absolute atomic E-state index is 0.0280. The molecule has 7 heteroatoms. The van der Waals surface area contributed by atoms with Crippen molar-refractivity contribution in [1.82, 2.24) is 24.1 Å². The second-order valence-corrected chi connectivity index (χ2v) is 9.34. The van der Waals surface area contributed by atoms with Crippen molar-refractivity contribution in [3.63, 3.8) is 0 Å². The van der Waals surface area contributed by atoms with Crippen LogP contribution in [0.2, 0.25) is 0 Å². The zero-order valence-corrected chi connectivity index (χ0v) is 18.6. The third-order valence-electron chi connectivity index (χ3n) is 6.27. The highest BCUT2D eigenvalue weighted by molar-refractivity contribution is 7.99. The topological polar surface area (TPSA) is 55.4 Å². The Morgan fingerprint density at radius 1 is 1.03 bits per heavy atom. The van der Waals surface area contributed by atoms with Gasteiger partial charge in [0.2, 0.25) is 5.78 Å². The van der Waals surface area contributed by atoms with Gasteiger partial charge in [-0.15, -0.1) is 10.2 Å². The summed E-state index contributed by atoms with van der Waals surface area (Å²) in [6.07, 6.45) is 5.04. The van der Waals surface area contributed by atoms with E-state index in [-0.39, 0.29) is 5.56 Å². The summed E-state index contributed by atoms with van der Waals surface area (Å²) >= 11 is 1.74. The largest absolute Gasteiger partial charge is 0.303 e. The first-order valence-electron chi connectivity index (χ1n) is 11.0. The molecule has 0 aliphatic carbocycles. The molecule has 0 bridgehead atoms. The number of thioether (sulfide) groups is 1. The van der Waals surface area contributed by atoms with Gasteiger partial charge >= 0.3 is 0 Å². The van der Waals surface area contributed by atoms with Crippen molar-refractivity contribution in [2.75, 3.05) is 19.3 Å². The SMILES string of the molecule is CN1CCCCC1CCSc1nnc2n(Cc3ccccc3)c(=O)c3ccccc3n12. The number of piperidine rings is 1. The van der Waals surface area contributed by atoms with Gasteiger partial charge in [0.05, 0.1) is 17.4 Å². The first kappa shape index (κ1) is 20.3. The Kier molecular flexibility index (Phi) is 5.78. The molecule has 160 valence electrons. The van der Waals surface area contributed by atoms with E-state index in [4.69, 9.17) is 0 Å². The monoisotopic (exact) mass is 433 g/mol. The fourth-order valence-corrected chi connectivity index (χ4v) is 5.51. The highest BCUT2D eigenvalue weighted by Crippen LogP contribution is 2.25. The van der Waals surface area contributed by atoms with E-state index in [0.29, 0.717) is 23.8 Å². The summed E-state index contributed by atoms with van der Waals surface area (Å²) in [6, 6.07) is 18.4. The van der Waals surface area contributed by atoms with Crippen molar-refractivity contribution in [2.45, 2.75) is 43.4 Å². The van der Waals surface area contributed by atoms with E-state index in [1.165, 1.54) is 25.8 Å². The number of hydrogen-bond donors (Lipinski definition) is 0. The molecule has 0 saturated carbocycles. The molecule has 0 radical (unpaired) electrons. The average molecular weight is 434 g/mol. The molecule has 31 heavy (non-hydrogen) atoms. The van der Waals surface area contributed by atoms with E-state index >= 15 is 0 Å². The Bertz CT molecular complexity index is 1250. The van der Waals surface area contributed by atoms with Gasteiger partial charge in [-0.1, -0.05) is 60.6 Å². The highest BCUT2D eigenvalue weighted by atomic mass is 32.2. The minimum atomic E-state index is -0.0280. The van der Waals surface area contributed by atoms with Crippen molar-refractivity contribution >= 4 is 28.4 Å². The molecule has 0 N–H and O–H groups in total. The zero-order chi connectivity index (χ0) is 21.2. The number of rotatable bonds is 6. The van der Waals surface area contributed by atoms with Crippen LogP contribution in [0.4, 0.5) is 0 Å². The molecule has 5 rings (SSSR count). The molecule has 1 aliphatic rings. The average Bonchev–Trinajstić information content (AvgIpc) is 3.22. The lowest BCUT2D eigenvalue weighted by atomic mass is 10.0. The van der Waals surface area contributed by atoms with Crippen LogP contribution < -0.4 is 5.56 Å². The standard InChI is InChI=1S/C24H27N5OS/c1-27-15-8-7-11-19(27)14-16-31-24-26-25-23-28(17-18-9-3-2-4-10-18)22(30)20-12-5-6-13-21(20)29(23)24/h2-6,9-10,12-13,19H,7-8,11,14-17H2,1H3.